The van der Waals surface area contributed by atoms with E-state index < -0.39 is 6.09 Å². The molecule has 0 saturated heterocycles. The summed E-state index contributed by atoms with van der Waals surface area (Å²) in [5.41, 5.74) is 5.27. The summed E-state index contributed by atoms with van der Waals surface area (Å²) >= 11 is 0. The maximum Gasteiger partial charge on any atom is 0.407 e. The zero-order valence-corrected chi connectivity index (χ0v) is 14.1. The molecular formula is C21H18N2O3. The van der Waals surface area contributed by atoms with Gasteiger partial charge in [-0.3, -0.25) is 4.79 Å². The molecule has 0 atom stereocenters. The number of amides is 1. The maximum absolute atomic E-state index is 12.1. The Morgan fingerprint density at radius 2 is 1.65 bits per heavy atom. The molecule has 1 heterocycles. The fourth-order valence-electron chi connectivity index (χ4n) is 3.42. The summed E-state index contributed by atoms with van der Waals surface area (Å²) in [6, 6.07) is 19.6. The van der Waals surface area contributed by atoms with Crippen LogP contribution in [0.1, 0.15) is 22.6 Å². The lowest BCUT2D eigenvalue weighted by Gasteiger charge is -2.14. The van der Waals surface area contributed by atoms with Gasteiger partial charge in [-0.05, 0) is 33.9 Å². The second kappa shape index (κ2) is 6.88. The molecule has 2 N–H and O–H groups in total. The Hall–Kier alpha value is -3.34. The smallest absolute Gasteiger partial charge is 0.407 e. The van der Waals surface area contributed by atoms with Crippen LogP contribution in [0.3, 0.4) is 0 Å². The first-order valence-corrected chi connectivity index (χ1v) is 8.49. The third-order valence-electron chi connectivity index (χ3n) is 4.62. The quantitative estimate of drug-likeness (QED) is 0.760. The minimum Gasteiger partial charge on any atom is -0.449 e. The molecule has 26 heavy (non-hydrogen) atoms. The van der Waals surface area contributed by atoms with Gasteiger partial charge in [-0.2, -0.15) is 0 Å². The number of benzene rings is 2. The Morgan fingerprint density at radius 1 is 1.00 bits per heavy atom. The van der Waals surface area contributed by atoms with Gasteiger partial charge >= 0.3 is 6.09 Å². The fraction of sp³-hybridized carbons (Fsp3) is 0.143. The Balaban J connectivity index is 1.43. The molecular weight excluding hydrogens is 328 g/mol. The van der Waals surface area contributed by atoms with Crippen LogP contribution in [0.4, 0.5) is 4.79 Å². The molecule has 3 aromatic rings. The molecule has 1 aliphatic rings. The summed E-state index contributed by atoms with van der Waals surface area (Å²) in [7, 11) is 0. The first-order valence-electron chi connectivity index (χ1n) is 8.49. The average molecular weight is 346 g/mol. The number of fused-ring (bicyclic) bond motifs is 3. The van der Waals surface area contributed by atoms with Crippen LogP contribution in [0.25, 0.3) is 11.1 Å². The highest BCUT2D eigenvalue weighted by Crippen LogP contribution is 2.44. The van der Waals surface area contributed by atoms with Crippen molar-refractivity contribution in [2.75, 3.05) is 6.61 Å². The summed E-state index contributed by atoms with van der Waals surface area (Å²) in [6.45, 7) is 0.524. The van der Waals surface area contributed by atoms with Crippen LogP contribution in [0.5, 0.6) is 0 Å². The Bertz CT molecular complexity index is 964. The topological polar surface area (TPSA) is 71.2 Å². The number of ether oxygens (including phenoxy) is 1. The number of aromatic amines is 1. The van der Waals surface area contributed by atoms with Crippen LogP contribution in [0.15, 0.2) is 71.7 Å². The van der Waals surface area contributed by atoms with Gasteiger partial charge in [0.2, 0.25) is 5.56 Å². The average Bonchev–Trinajstić information content (AvgIpc) is 2.99. The van der Waals surface area contributed by atoms with Gasteiger partial charge in [0.05, 0.1) is 0 Å². The zero-order valence-electron chi connectivity index (χ0n) is 14.1. The van der Waals surface area contributed by atoms with Crippen LogP contribution in [0, 0.1) is 0 Å². The number of carbonyl (C=O) groups is 1. The molecule has 0 spiro atoms. The first kappa shape index (κ1) is 16.1. The van der Waals surface area contributed by atoms with Gasteiger partial charge in [0.1, 0.15) is 6.61 Å². The monoisotopic (exact) mass is 346 g/mol. The van der Waals surface area contributed by atoms with E-state index >= 15 is 0 Å². The molecule has 2 aromatic carbocycles. The number of nitrogens with one attached hydrogen (secondary N) is 2. The Labute approximate surface area is 150 Å². The van der Waals surface area contributed by atoms with Crippen molar-refractivity contribution in [3.8, 4) is 11.1 Å². The highest BCUT2D eigenvalue weighted by atomic mass is 16.5. The van der Waals surface area contributed by atoms with Crippen molar-refractivity contribution < 1.29 is 9.53 Å². The zero-order chi connectivity index (χ0) is 17.9. The van der Waals surface area contributed by atoms with E-state index in [1.165, 1.54) is 28.3 Å². The molecule has 0 aliphatic heterocycles. The number of hydrogen-bond donors (Lipinski definition) is 2. The van der Waals surface area contributed by atoms with Gasteiger partial charge in [-0.15, -0.1) is 0 Å². The predicted molar refractivity (Wildman–Crippen MR) is 99.0 cm³/mol. The fourth-order valence-corrected chi connectivity index (χ4v) is 3.42. The SMILES string of the molecule is O=C(NCc1cc[nH]c(=O)c1)OCC1c2ccccc2-c2ccccc21. The van der Waals surface area contributed by atoms with Crippen molar-refractivity contribution in [2.24, 2.45) is 0 Å². The number of pyridine rings is 1. The standard InChI is InChI=1S/C21H18N2O3/c24-20-11-14(9-10-22-20)12-23-21(25)26-13-19-17-7-3-1-5-15(17)16-6-2-4-8-18(16)19/h1-11,19H,12-13H2,(H,22,24)(H,23,25). The van der Waals surface area contributed by atoms with Gasteiger partial charge in [0, 0.05) is 24.7 Å². The number of rotatable bonds is 4. The second-order valence-electron chi connectivity index (χ2n) is 6.24. The van der Waals surface area contributed by atoms with E-state index in [0.717, 1.165) is 5.56 Å². The van der Waals surface area contributed by atoms with E-state index in [2.05, 4.69) is 34.6 Å². The Morgan fingerprint density at radius 3 is 2.31 bits per heavy atom. The highest BCUT2D eigenvalue weighted by Gasteiger charge is 2.28. The van der Waals surface area contributed by atoms with Gasteiger partial charge < -0.3 is 15.0 Å². The molecule has 1 aliphatic carbocycles. The van der Waals surface area contributed by atoms with E-state index in [-0.39, 0.29) is 24.6 Å². The molecule has 1 amide bonds. The minimum absolute atomic E-state index is 0.0349. The molecule has 1 aromatic heterocycles. The van der Waals surface area contributed by atoms with Crippen molar-refractivity contribution >= 4 is 6.09 Å². The molecule has 0 bridgehead atoms. The van der Waals surface area contributed by atoms with E-state index in [0.29, 0.717) is 0 Å². The van der Waals surface area contributed by atoms with Crippen LogP contribution in [-0.4, -0.2) is 17.7 Å². The normalized spacial score (nSPS) is 12.3. The molecule has 5 nitrogen and oxygen atoms in total. The van der Waals surface area contributed by atoms with Crippen LogP contribution in [-0.2, 0) is 11.3 Å². The van der Waals surface area contributed by atoms with Gasteiger partial charge in [0.15, 0.2) is 0 Å². The molecule has 0 fully saturated rings. The van der Waals surface area contributed by atoms with E-state index in [1.807, 2.05) is 24.3 Å². The van der Waals surface area contributed by atoms with Crippen molar-refractivity contribution in [2.45, 2.75) is 12.5 Å². The lowest BCUT2D eigenvalue weighted by Crippen LogP contribution is -2.26. The van der Waals surface area contributed by atoms with Gasteiger partial charge in [-0.1, -0.05) is 48.5 Å². The predicted octanol–water partition coefficient (Wildman–Crippen LogP) is 3.41. The number of aromatic nitrogens is 1. The largest absolute Gasteiger partial charge is 0.449 e. The third kappa shape index (κ3) is 3.11. The summed E-state index contributed by atoms with van der Waals surface area (Å²) in [5, 5.41) is 2.68. The van der Waals surface area contributed by atoms with Crippen LogP contribution >= 0.6 is 0 Å². The van der Waals surface area contributed by atoms with Crippen LogP contribution in [0.2, 0.25) is 0 Å². The third-order valence-corrected chi connectivity index (χ3v) is 4.62. The van der Waals surface area contributed by atoms with Gasteiger partial charge in [0.25, 0.3) is 0 Å². The number of alkyl carbamates (subject to hydrolysis) is 1. The number of hydrogen-bond acceptors (Lipinski definition) is 3. The van der Waals surface area contributed by atoms with Crippen molar-refractivity contribution in [3.05, 3.63) is 93.9 Å². The molecule has 4 rings (SSSR count). The summed E-state index contributed by atoms with van der Waals surface area (Å²) in [5.74, 6) is 0.0349. The summed E-state index contributed by atoms with van der Waals surface area (Å²) in [6.07, 6.45) is 1.06. The van der Waals surface area contributed by atoms with E-state index in [1.54, 1.807) is 12.3 Å². The van der Waals surface area contributed by atoms with E-state index in [9.17, 15) is 9.59 Å². The Kier molecular flexibility index (Phi) is 4.27. The van der Waals surface area contributed by atoms with Crippen molar-refractivity contribution in [3.63, 3.8) is 0 Å². The summed E-state index contributed by atoms with van der Waals surface area (Å²) < 4.78 is 5.46. The van der Waals surface area contributed by atoms with Crippen molar-refractivity contribution in [1.29, 1.82) is 0 Å². The maximum atomic E-state index is 12.1. The molecule has 0 unspecified atom stereocenters. The molecule has 5 heteroatoms. The highest BCUT2D eigenvalue weighted by molar-refractivity contribution is 5.79. The van der Waals surface area contributed by atoms with Crippen LogP contribution < -0.4 is 10.9 Å². The number of H-pyrrole nitrogens is 1. The van der Waals surface area contributed by atoms with E-state index in [4.69, 9.17) is 4.74 Å². The lowest BCUT2D eigenvalue weighted by atomic mass is 9.98. The lowest BCUT2D eigenvalue weighted by molar-refractivity contribution is 0.142. The summed E-state index contributed by atoms with van der Waals surface area (Å²) in [4.78, 5) is 25.9. The molecule has 0 saturated carbocycles. The molecule has 130 valence electrons. The van der Waals surface area contributed by atoms with Crippen molar-refractivity contribution in [1.82, 2.24) is 10.3 Å². The number of carbonyl (C=O) groups excluding carboxylic acids is 1. The first-order chi connectivity index (χ1) is 12.7. The second-order valence-corrected chi connectivity index (χ2v) is 6.24. The van der Waals surface area contributed by atoms with Gasteiger partial charge in [-0.25, -0.2) is 4.79 Å². The molecule has 0 radical (unpaired) electrons. The minimum atomic E-state index is -0.493.